The lowest BCUT2D eigenvalue weighted by molar-refractivity contribution is -0.130. The Morgan fingerprint density at radius 1 is 0.919 bits per heavy atom. The van der Waals surface area contributed by atoms with Crippen LogP contribution in [0.15, 0.2) is 79.0 Å². The van der Waals surface area contributed by atoms with Gasteiger partial charge in [0.2, 0.25) is 17.7 Å². The second-order valence-electron chi connectivity index (χ2n) is 9.84. The van der Waals surface area contributed by atoms with Crippen molar-refractivity contribution in [2.45, 2.75) is 18.0 Å². The molecule has 2 saturated heterocycles. The highest BCUT2D eigenvalue weighted by molar-refractivity contribution is 6.25. The summed E-state index contributed by atoms with van der Waals surface area (Å²) in [5, 5.41) is 7.52. The van der Waals surface area contributed by atoms with Crippen molar-refractivity contribution in [1.29, 1.82) is 0 Å². The Morgan fingerprint density at radius 3 is 2.49 bits per heavy atom. The zero-order valence-electron chi connectivity index (χ0n) is 20.0. The van der Waals surface area contributed by atoms with Crippen LogP contribution in [0, 0.1) is 11.8 Å². The van der Waals surface area contributed by atoms with Crippen molar-refractivity contribution in [1.82, 2.24) is 10.3 Å². The average Bonchev–Trinajstić information content (AvgIpc) is 3.63. The summed E-state index contributed by atoms with van der Waals surface area (Å²) in [6.07, 6.45) is 2.43. The normalized spacial score (nSPS) is 26.1. The molecule has 0 saturated carbocycles. The number of benzene rings is 3. The third-order valence-corrected chi connectivity index (χ3v) is 8.07. The number of rotatable bonds is 4. The second-order valence-corrected chi connectivity index (χ2v) is 9.84. The minimum Gasteiger partial charge on any atom is -0.497 e. The summed E-state index contributed by atoms with van der Waals surface area (Å²) in [7, 11) is 1.56. The van der Waals surface area contributed by atoms with Gasteiger partial charge in [-0.2, -0.15) is 0 Å². The number of methoxy groups -OCH3 is 1. The summed E-state index contributed by atoms with van der Waals surface area (Å²) in [5.41, 5.74) is 2.53. The number of hydrogen-bond acceptors (Lipinski definition) is 5. The van der Waals surface area contributed by atoms with Crippen molar-refractivity contribution in [2.24, 2.45) is 11.8 Å². The third-order valence-electron chi connectivity index (χ3n) is 8.07. The Kier molecular flexibility index (Phi) is 4.59. The molecule has 3 aliphatic rings. The van der Waals surface area contributed by atoms with Gasteiger partial charge in [0.1, 0.15) is 11.3 Å². The monoisotopic (exact) mass is 492 g/mol. The molecule has 37 heavy (non-hydrogen) atoms. The summed E-state index contributed by atoms with van der Waals surface area (Å²) >= 11 is 0. The van der Waals surface area contributed by atoms with Crippen LogP contribution >= 0.6 is 0 Å². The molecular formula is C29H24N4O4. The van der Waals surface area contributed by atoms with E-state index >= 15 is 0 Å². The SMILES string of the molecule is COc1ccc(N2C(=O)[C@@H]3[C@H](Cc4c[nH]c5ccccc45)N[C@]4(C(=O)Nc5ccccc54)[C@H]3C2=O)cc1. The molecule has 3 N–H and O–H groups in total. The van der Waals surface area contributed by atoms with Crippen LogP contribution in [0.4, 0.5) is 11.4 Å². The number of para-hydroxylation sites is 2. The maximum atomic E-state index is 14.1. The highest BCUT2D eigenvalue weighted by Crippen LogP contribution is 2.54. The molecule has 3 amide bonds. The molecule has 0 radical (unpaired) electrons. The fourth-order valence-electron chi connectivity index (χ4n) is 6.46. The molecule has 8 nitrogen and oxygen atoms in total. The molecule has 0 aliphatic carbocycles. The van der Waals surface area contributed by atoms with E-state index in [0.717, 1.165) is 16.5 Å². The van der Waals surface area contributed by atoms with Crippen LogP contribution < -0.4 is 20.3 Å². The molecule has 3 aromatic carbocycles. The number of carbonyl (C=O) groups is 3. The van der Waals surface area contributed by atoms with Crippen LogP contribution in [0.3, 0.4) is 0 Å². The number of hydrogen-bond donors (Lipinski definition) is 3. The Hall–Kier alpha value is -4.43. The number of aromatic amines is 1. The highest BCUT2D eigenvalue weighted by Gasteiger charge is 2.70. The Labute approximate surface area is 212 Å². The molecule has 0 unspecified atom stereocenters. The molecule has 4 heterocycles. The van der Waals surface area contributed by atoms with Crippen molar-refractivity contribution < 1.29 is 19.1 Å². The van der Waals surface area contributed by atoms with Gasteiger partial charge in [0.15, 0.2) is 0 Å². The first-order chi connectivity index (χ1) is 18.0. The van der Waals surface area contributed by atoms with Crippen LogP contribution in [-0.2, 0) is 26.3 Å². The minimum atomic E-state index is -1.33. The fourth-order valence-corrected chi connectivity index (χ4v) is 6.46. The van der Waals surface area contributed by atoms with Gasteiger partial charge < -0.3 is 15.0 Å². The van der Waals surface area contributed by atoms with E-state index in [2.05, 4.69) is 15.6 Å². The van der Waals surface area contributed by atoms with Gasteiger partial charge in [-0.15, -0.1) is 0 Å². The Balaban J connectivity index is 1.36. The van der Waals surface area contributed by atoms with E-state index in [9.17, 15) is 14.4 Å². The number of nitrogens with zero attached hydrogens (tertiary/aromatic N) is 1. The molecule has 7 rings (SSSR count). The zero-order valence-corrected chi connectivity index (χ0v) is 20.0. The van der Waals surface area contributed by atoms with Crippen LogP contribution in [0.5, 0.6) is 5.75 Å². The lowest BCUT2D eigenvalue weighted by Crippen LogP contribution is -2.53. The number of carbonyl (C=O) groups excluding carboxylic acids is 3. The van der Waals surface area contributed by atoms with Crippen molar-refractivity contribution >= 4 is 40.0 Å². The van der Waals surface area contributed by atoms with Crippen molar-refractivity contribution in [3.8, 4) is 5.75 Å². The van der Waals surface area contributed by atoms with E-state index in [-0.39, 0.29) is 17.7 Å². The number of fused-ring (bicyclic) bond motifs is 5. The van der Waals surface area contributed by atoms with Gasteiger partial charge in [0.25, 0.3) is 0 Å². The van der Waals surface area contributed by atoms with Gasteiger partial charge in [0, 0.05) is 34.4 Å². The molecule has 0 bridgehead atoms. The van der Waals surface area contributed by atoms with Crippen LogP contribution in [-0.4, -0.2) is 35.9 Å². The number of ether oxygens (including phenoxy) is 1. The van der Waals surface area contributed by atoms with E-state index in [1.54, 1.807) is 31.4 Å². The molecule has 4 atom stereocenters. The van der Waals surface area contributed by atoms with Gasteiger partial charge in [0.05, 0.1) is 24.6 Å². The average molecular weight is 493 g/mol. The second kappa shape index (κ2) is 7.78. The topological polar surface area (TPSA) is 104 Å². The fraction of sp³-hybridized carbons (Fsp3) is 0.207. The number of anilines is 2. The number of aromatic nitrogens is 1. The highest BCUT2D eigenvalue weighted by atomic mass is 16.5. The number of nitrogens with one attached hydrogen (secondary N) is 3. The maximum Gasteiger partial charge on any atom is 0.250 e. The quantitative estimate of drug-likeness (QED) is 0.379. The Morgan fingerprint density at radius 2 is 1.68 bits per heavy atom. The van der Waals surface area contributed by atoms with Crippen molar-refractivity contribution in [3.63, 3.8) is 0 Å². The van der Waals surface area contributed by atoms with Crippen LogP contribution in [0.2, 0.25) is 0 Å². The van der Waals surface area contributed by atoms with Gasteiger partial charge in [-0.1, -0.05) is 36.4 Å². The molecule has 1 spiro atoms. The molecule has 1 aromatic heterocycles. The van der Waals surface area contributed by atoms with E-state index in [0.29, 0.717) is 29.1 Å². The first kappa shape index (κ1) is 21.8. The molecule has 2 fully saturated rings. The van der Waals surface area contributed by atoms with Crippen molar-refractivity contribution in [2.75, 3.05) is 17.3 Å². The maximum absolute atomic E-state index is 14.1. The number of imide groups is 1. The lowest BCUT2D eigenvalue weighted by atomic mass is 9.76. The van der Waals surface area contributed by atoms with E-state index in [1.165, 1.54) is 4.90 Å². The summed E-state index contributed by atoms with van der Waals surface area (Å²) in [6, 6.07) is 21.8. The molecule has 3 aliphatic heterocycles. The van der Waals surface area contributed by atoms with E-state index in [4.69, 9.17) is 4.74 Å². The number of amides is 3. The zero-order chi connectivity index (χ0) is 25.3. The predicted octanol–water partition coefficient (Wildman–Crippen LogP) is 3.34. The van der Waals surface area contributed by atoms with Crippen LogP contribution in [0.25, 0.3) is 10.9 Å². The molecular weight excluding hydrogens is 468 g/mol. The van der Waals surface area contributed by atoms with Crippen LogP contribution in [0.1, 0.15) is 11.1 Å². The third kappa shape index (κ3) is 2.90. The van der Waals surface area contributed by atoms with Gasteiger partial charge >= 0.3 is 0 Å². The summed E-state index contributed by atoms with van der Waals surface area (Å²) in [4.78, 5) is 46.3. The smallest absolute Gasteiger partial charge is 0.250 e. The summed E-state index contributed by atoms with van der Waals surface area (Å²) in [6.45, 7) is 0. The van der Waals surface area contributed by atoms with Gasteiger partial charge in [-0.3, -0.25) is 19.7 Å². The van der Waals surface area contributed by atoms with E-state index < -0.39 is 23.4 Å². The predicted molar refractivity (Wildman–Crippen MR) is 138 cm³/mol. The van der Waals surface area contributed by atoms with E-state index in [1.807, 2.05) is 54.7 Å². The standard InChI is InChI=1S/C29H24N4O4/c1-37-18-12-10-17(11-13-18)33-26(34)24-23(14-16-15-30-21-8-4-2-6-19(16)21)32-29(25(24)27(33)35)20-7-3-5-9-22(20)31-28(29)36/h2-13,15,23-25,30,32H,14H2,1H3,(H,31,36)/t23-,24+,25+,29-/m0/s1. The minimum absolute atomic E-state index is 0.299. The first-order valence-electron chi connectivity index (χ1n) is 12.3. The summed E-state index contributed by atoms with van der Waals surface area (Å²) < 4.78 is 5.25. The molecule has 184 valence electrons. The Bertz CT molecular complexity index is 1590. The number of H-pyrrole nitrogens is 1. The first-order valence-corrected chi connectivity index (χ1v) is 12.3. The molecule has 8 heteroatoms. The lowest BCUT2D eigenvalue weighted by Gasteiger charge is -2.29. The summed E-state index contributed by atoms with van der Waals surface area (Å²) in [5.74, 6) is -1.93. The van der Waals surface area contributed by atoms with Gasteiger partial charge in [-0.05, 0) is 48.4 Å². The molecule has 4 aromatic rings. The van der Waals surface area contributed by atoms with Crippen molar-refractivity contribution in [3.05, 3.63) is 90.1 Å². The van der Waals surface area contributed by atoms with Gasteiger partial charge in [-0.25, -0.2) is 4.90 Å². The largest absolute Gasteiger partial charge is 0.497 e.